The van der Waals surface area contributed by atoms with Crippen molar-refractivity contribution in [2.75, 3.05) is 18.5 Å². The number of carbonyl (C=O) groups is 1. The fourth-order valence-electron chi connectivity index (χ4n) is 3.54. The number of ether oxygens (including phenoxy) is 2. The number of nitrogens with one attached hydrogen (secondary N) is 1. The van der Waals surface area contributed by atoms with Crippen LogP contribution in [-0.4, -0.2) is 19.1 Å². The van der Waals surface area contributed by atoms with Gasteiger partial charge in [0.05, 0.1) is 13.2 Å². The van der Waals surface area contributed by atoms with Crippen molar-refractivity contribution >= 4 is 11.6 Å². The van der Waals surface area contributed by atoms with E-state index in [2.05, 4.69) is 42.6 Å². The average Bonchev–Trinajstić information content (AvgIpc) is 2.80. The molecule has 0 saturated carbocycles. The van der Waals surface area contributed by atoms with Gasteiger partial charge >= 0.3 is 0 Å². The number of rotatable bonds is 11. The van der Waals surface area contributed by atoms with E-state index < -0.39 is 5.41 Å². The van der Waals surface area contributed by atoms with Crippen molar-refractivity contribution in [2.24, 2.45) is 5.41 Å². The van der Waals surface area contributed by atoms with E-state index >= 15 is 0 Å². The van der Waals surface area contributed by atoms with Gasteiger partial charge in [-0.15, -0.1) is 0 Å². The lowest BCUT2D eigenvalue weighted by Crippen LogP contribution is -2.31. The first-order chi connectivity index (χ1) is 15.8. The molecule has 33 heavy (non-hydrogen) atoms. The zero-order chi connectivity index (χ0) is 23.7. The van der Waals surface area contributed by atoms with Crippen molar-refractivity contribution in [3.05, 3.63) is 89.5 Å². The molecule has 4 heteroatoms. The zero-order valence-electron chi connectivity index (χ0n) is 20.2. The summed E-state index contributed by atoms with van der Waals surface area (Å²) < 4.78 is 11.8. The van der Waals surface area contributed by atoms with Gasteiger partial charge < -0.3 is 14.8 Å². The molecule has 3 aromatic rings. The Kier molecular flexibility index (Phi) is 8.53. The maximum Gasteiger partial charge on any atom is 0.230 e. The van der Waals surface area contributed by atoms with Gasteiger partial charge in [0.2, 0.25) is 5.91 Å². The molecule has 1 amide bonds. The van der Waals surface area contributed by atoms with Crippen LogP contribution < -0.4 is 14.8 Å². The highest BCUT2D eigenvalue weighted by Crippen LogP contribution is 2.26. The molecule has 0 aliphatic heterocycles. The van der Waals surface area contributed by atoms with Crippen molar-refractivity contribution in [2.45, 2.75) is 47.0 Å². The van der Waals surface area contributed by atoms with Crippen molar-refractivity contribution in [1.29, 1.82) is 0 Å². The Morgan fingerprint density at radius 2 is 1.61 bits per heavy atom. The molecule has 3 aromatic carbocycles. The summed E-state index contributed by atoms with van der Waals surface area (Å²) in [5.41, 5.74) is 3.85. The van der Waals surface area contributed by atoms with Crippen molar-refractivity contribution in [3.63, 3.8) is 0 Å². The molecule has 0 aliphatic carbocycles. The van der Waals surface area contributed by atoms with E-state index in [1.165, 1.54) is 11.1 Å². The lowest BCUT2D eigenvalue weighted by Gasteiger charge is -2.24. The van der Waals surface area contributed by atoms with Gasteiger partial charge in [0, 0.05) is 17.5 Å². The number of anilines is 1. The first-order valence-corrected chi connectivity index (χ1v) is 11.6. The summed E-state index contributed by atoms with van der Waals surface area (Å²) in [7, 11) is 0. The molecule has 0 radical (unpaired) electrons. The molecule has 0 bridgehead atoms. The maximum atomic E-state index is 12.8. The normalized spacial score (nSPS) is 11.2. The van der Waals surface area contributed by atoms with Crippen LogP contribution in [0, 0.1) is 19.3 Å². The van der Waals surface area contributed by atoms with Crippen LogP contribution in [0.3, 0.4) is 0 Å². The van der Waals surface area contributed by atoms with Crippen molar-refractivity contribution in [3.8, 4) is 11.5 Å². The van der Waals surface area contributed by atoms with Crippen LogP contribution in [0.1, 0.15) is 43.4 Å². The second-order valence-electron chi connectivity index (χ2n) is 9.17. The molecule has 0 aromatic heterocycles. The van der Waals surface area contributed by atoms with Crippen LogP contribution in [0.4, 0.5) is 5.69 Å². The number of hydrogen-bond acceptors (Lipinski definition) is 3. The largest absolute Gasteiger partial charge is 0.493 e. The van der Waals surface area contributed by atoms with E-state index in [1.54, 1.807) is 0 Å². The summed E-state index contributed by atoms with van der Waals surface area (Å²) in [6.07, 6.45) is 2.41. The molecule has 0 unspecified atom stereocenters. The van der Waals surface area contributed by atoms with Gasteiger partial charge in [-0.25, -0.2) is 0 Å². The van der Waals surface area contributed by atoms with E-state index in [4.69, 9.17) is 9.47 Å². The molecule has 0 spiro atoms. The van der Waals surface area contributed by atoms with Crippen molar-refractivity contribution in [1.82, 2.24) is 0 Å². The predicted octanol–water partition coefficient (Wildman–Crippen LogP) is 6.75. The summed E-state index contributed by atoms with van der Waals surface area (Å²) in [4.78, 5) is 12.8. The standard InChI is InChI=1S/C29H35NO3/c1-22-11-12-23(2)27(21-22)33-19-8-18-29(3,4)28(31)30-25-13-15-26(16-14-25)32-20-17-24-9-6-5-7-10-24/h5-7,9-16,21H,8,17-20H2,1-4H3,(H,30,31). The molecule has 0 fully saturated rings. The number of amides is 1. The third kappa shape index (κ3) is 7.67. The topological polar surface area (TPSA) is 47.6 Å². The molecule has 0 aliphatic rings. The van der Waals surface area contributed by atoms with Gasteiger partial charge in [-0.05, 0) is 73.7 Å². The van der Waals surface area contributed by atoms with Crippen LogP contribution in [-0.2, 0) is 11.2 Å². The number of carbonyl (C=O) groups excluding carboxylic acids is 1. The third-order valence-electron chi connectivity index (χ3n) is 5.78. The predicted molar refractivity (Wildman–Crippen MR) is 135 cm³/mol. The van der Waals surface area contributed by atoms with Gasteiger partial charge in [-0.2, -0.15) is 0 Å². The monoisotopic (exact) mass is 445 g/mol. The quantitative estimate of drug-likeness (QED) is 0.332. The summed E-state index contributed by atoms with van der Waals surface area (Å²) >= 11 is 0. The van der Waals surface area contributed by atoms with Gasteiger partial charge in [-0.3, -0.25) is 4.79 Å². The maximum absolute atomic E-state index is 12.8. The molecule has 174 valence electrons. The van der Waals surface area contributed by atoms with Gasteiger partial charge in [0.15, 0.2) is 0 Å². The summed E-state index contributed by atoms with van der Waals surface area (Å²) in [5.74, 6) is 1.72. The fraction of sp³-hybridized carbons (Fsp3) is 0.345. The van der Waals surface area contributed by atoms with E-state index in [0.717, 1.165) is 42.0 Å². The molecule has 4 nitrogen and oxygen atoms in total. The summed E-state index contributed by atoms with van der Waals surface area (Å²) in [6, 6.07) is 24.0. The molecule has 0 heterocycles. The third-order valence-corrected chi connectivity index (χ3v) is 5.78. The first-order valence-electron chi connectivity index (χ1n) is 11.6. The molecule has 3 rings (SSSR count). The first kappa shape index (κ1) is 24.4. The minimum Gasteiger partial charge on any atom is -0.493 e. The minimum atomic E-state index is -0.490. The fourth-order valence-corrected chi connectivity index (χ4v) is 3.54. The Bertz CT molecular complexity index is 1030. The molecular formula is C29H35NO3. The Labute approximate surface area is 197 Å². The minimum absolute atomic E-state index is 0.00646. The summed E-state index contributed by atoms with van der Waals surface area (Å²) in [6.45, 7) is 9.26. The number of hydrogen-bond donors (Lipinski definition) is 1. The SMILES string of the molecule is Cc1ccc(C)c(OCCCC(C)(C)C(=O)Nc2ccc(OCCc3ccccc3)cc2)c1. The van der Waals surface area contributed by atoms with E-state index in [-0.39, 0.29) is 5.91 Å². The Balaban J connectivity index is 1.41. The van der Waals surface area contributed by atoms with Crippen LogP contribution in [0.5, 0.6) is 11.5 Å². The lowest BCUT2D eigenvalue weighted by molar-refractivity contribution is -0.124. The van der Waals surface area contributed by atoms with Crippen LogP contribution in [0.2, 0.25) is 0 Å². The van der Waals surface area contributed by atoms with Gasteiger partial charge in [0.1, 0.15) is 11.5 Å². The number of aryl methyl sites for hydroxylation is 2. The van der Waals surface area contributed by atoms with Crippen LogP contribution in [0.25, 0.3) is 0 Å². The Morgan fingerprint density at radius 3 is 2.33 bits per heavy atom. The zero-order valence-corrected chi connectivity index (χ0v) is 20.2. The van der Waals surface area contributed by atoms with Crippen LogP contribution in [0.15, 0.2) is 72.8 Å². The van der Waals surface area contributed by atoms with Crippen molar-refractivity contribution < 1.29 is 14.3 Å². The highest BCUT2D eigenvalue weighted by atomic mass is 16.5. The number of benzene rings is 3. The molecule has 0 atom stereocenters. The average molecular weight is 446 g/mol. The smallest absolute Gasteiger partial charge is 0.230 e. The highest BCUT2D eigenvalue weighted by molar-refractivity contribution is 5.94. The van der Waals surface area contributed by atoms with Gasteiger partial charge in [-0.1, -0.05) is 56.3 Å². The van der Waals surface area contributed by atoms with E-state index in [0.29, 0.717) is 13.2 Å². The van der Waals surface area contributed by atoms with E-state index in [9.17, 15) is 4.79 Å². The second kappa shape index (κ2) is 11.6. The van der Waals surface area contributed by atoms with Gasteiger partial charge in [0.25, 0.3) is 0 Å². The lowest BCUT2D eigenvalue weighted by atomic mass is 9.87. The molecule has 0 saturated heterocycles. The summed E-state index contributed by atoms with van der Waals surface area (Å²) in [5, 5.41) is 3.03. The molecular weight excluding hydrogens is 410 g/mol. The highest BCUT2D eigenvalue weighted by Gasteiger charge is 2.27. The Morgan fingerprint density at radius 1 is 0.879 bits per heavy atom. The van der Waals surface area contributed by atoms with E-state index in [1.807, 2.05) is 63.2 Å². The van der Waals surface area contributed by atoms with Crippen LogP contribution >= 0.6 is 0 Å². The Hall–Kier alpha value is -3.27. The second-order valence-corrected chi connectivity index (χ2v) is 9.17. The molecule has 1 N–H and O–H groups in total.